The van der Waals surface area contributed by atoms with Gasteiger partial charge in [-0.1, -0.05) is 6.07 Å². The van der Waals surface area contributed by atoms with Gasteiger partial charge in [-0.15, -0.1) is 0 Å². The molecule has 3 unspecified atom stereocenters. The van der Waals surface area contributed by atoms with Crippen molar-refractivity contribution in [2.75, 3.05) is 27.4 Å². The van der Waals surface area contributed by atoms with Crippen LogP contribution in [0.25, 0.3) is 0 Å². The number of methoxy groups -OCH3 is 1. The Kier molecular flexibility index (Phi) is 4.78. The summed E-state index contributed by atoms with van der Waals surface area (Å²) in [5.74, 6) is 0.982. The maximum Gasteiger partial charge on any atom is 0.128 e. The zero-order valence-corrected chi connectivity index (χ0v) is 12.9. The first-order valence-electron chi connectivity index (χ1n) is 7.88. The van der Waals surface area contributed by atoms with Gasteiger partial charge >= 0.3 is 0 Å². The number of rotatable bonds is 7. The molecule has 0 bridgehead atoms. The first kappa shape index (κ1) is 14.8. The molecule has 21 heavy (non-hydrogen) atoms. The fraction of sp³-hybridized carbons (Fsp3) is 0.647. The lowest BCUT2D eigenvalue weighted by atomic mass is 9.85. The third kappa shape index (κ3) is 3.23. The van der Waals surface area contributed by atoms with E-state index in [9.17, 15) is 0 Å². The van der Waals surface area contributed by atoms with Crippen LogP contribution in [0.4, 0.5) is 0 Å². The van der Waals surface area contributed by atoms with Crippen molar-refractivity contribution in [3.8, 4) is 5.75 Å². The topological polar surface area (TPSA) is 39.7 Å². The van der Waals surface area contributed by atoms with Crippen molar-refractivity contribution in [2.45, 2.75) is 43.9 Å². The summed E-state index contributed by atoms with van der Waals surface area (Å²) in [7, 11) is 3.67. The van der Waals surface area contributed by atoms with E-state index < -0.39 is 0 Å². The van der Waals surface area contributed by atoms with Crippen molar-refractivity contribution < 1.29 is 14.2 Å². The highest BCUT2D eigenvalue weighted by Gasteiger charge is 2.43. The van der Waals surface area contributed by atoms with E-state index in [0.29, 0.717) is 19.3 Å². The summed E-state index contributed by atoms with van der Waals surface area (Å²) in [6, 6.07) is 6.90. The smallest absolute Gasteiger partial charge is 0.128 e. The van der Waals surface area contributed by atoms with Crippen LogP contribution in [-0.4, -0.2) is 45.6 Å². The summed E-state index contributed by atoms with van der Waals surface area (Å²) in [4.78, 5) is 0. The Labute approximate surface area is 126 Å². The number of ether oxygens (including phenoxy) is 3. The Morgan fingerprint density at radius 3 is 2.86 bits per heavy atom. The molecule has 0 spiro atoms. The first-order chi connectivity index (χ1) is 10.3. The van der Waals surface area contributed by atoms with Crippen molar-refractivity contribution in [1.82, 2.24) is 5.32 Å². The van der Waals surface area contributed by atoms with Crippen molar-refractivity contribution in [2.24, 2.45) is 0 Å². The second kappa shape index (κ2) is 6.77. The molecule has 2 aliphatic rings. The van der Waals surface area contributed by atoms with E-state index in [1.807, 2.05) is 7.05 Å². The standard InChI is InChI=1S/C17H25NO3/c1-18-15-11-16(17(15)20-9-8-19-2)21-14-7-6-12-4-3-5-13(12)10-14/h6-7,10,15-18H,3-5,8-9,11H2,1-2H3. The molecule has 4 heteroatoms. The molecule has 0 saturated heterocycles. The molecule has 1 N–H and O–H groups in total. The number of likely N-dealkylation sites (N-methyl/N-ethyl adjacent to an activating group) is 1. The highest BCUT2D eigenvalue weighted by molar-refractivity contribution is 5.38. The normalized spacial score (nSPS) is 27.2. The molecular formula is C17H25NO3. The van der Waals surface area contributed by atoms with Gasteiger partial charge in [-0.2, -0.15) is 0 Å². The van der Waals surface area contributed by atoms with Crippen molar-refractivity contribution in [3.63, 3.8) is 0 Å². The minimum Gasteiger partial charge on any atom is -0.488 e. The van der Waals surface area contributed by atoms with E-state index >= 15 is 0 Å². The summed E-state index contributed by atoms with van der Waals surface area (Å²) in [5.41, 5.74) is 2.94. The van der Waals surface area contributed by atoms with Crippen LogP contribution in [0.1, 0.15) is 24.0 Å². The van der Waals surface area contributed by atoms with Crippen LogP contribution < -0.4 is 10.1 Å². The van der Waals surface area contributed by atoms with Gasteiger partial charge in [0.25, 0.3) is 0 Å². The summed E-state index contributed by atoms with van der Waals surface area (Å²) in [6.07, 6.45) is 4.91. The van der Waals surface area contributed by atoms with Gasteiger partial charge in [-0.25, -0.2) is 0 Å². The Hall–Kier alpha value is -1.10. The molecule has 116 valence electrons. The minimum absolute atomic E-state index is 0.110. The molecule has 0 amide bonds. The van der Waals surface area contributed by atoms with E-state index in [1.54, 1.807) is 7.11 Å². The fourth-order valence-corrected chi connectivity index (χ4v) is 3.27. The van der Waals surface area contributed by atoms with Gasteiger partial charge in [0, 0.05) is 19.6 Å². The highest BCUT2D eigenvalue weighted by Crippen LogP contribution is 2.31. The molecule has 0 radical (unpaired) electrons. The maximum absolute atomic E-state index is 6.15. The Balaban J connectivity index is 1.58. The lowest BCUT2D eigenvalue weighted by Gasteiger charge is -2.43. The molecular weight excluding hydrogens is 266 g/mol. The first-order valence-corrected chi connectivity index (χ1v) is 7.88. The van der Waals surface area contributed by atoms with Crippen LogP contribution in [0.5, 0.6) is 5.75 Å². The van der Waals surface area contributed by atoms with Crippen molar-refractivity contribution in [1.29, 1.82) is 0 Å². The van der Waals surface area contributed by atoms with Crippen LogP contribution in [0.2, 0.25) is 0 Å². The van der Waals surface area contributed by atoms with Crippen molar-refractivity contribution in [3.05, 3.63) is 29.3 Å². The molecule has 2 aliphatic carbocycles. The van der Waals surface area contributed by atoms with Gasteiger partial charge in [-0.05, 0) is 49.6 Å². The molecule has 3 rings (SSSR count). The molecule has 0 heterocycles. The Morgan fingerprint density at radius 2 is 2.05 bits per heavy atom. The molecule has 0 aromatic heterocycles. The number of hydrogen-bond acceptors (Lipinski definition) is 4. The third-order valence-electron chi connectivity index (χ3n) is 4.58. The van der Waals surface area contributed by atoms with E-state index in [2.05, 4.69) is 23.5 Å². The van der Waals surface area contributed by atoms with Crippen LogP contribution in [-0.2, 0) is 22.3 Å². The van der Waals surface area contributed by atoms with Gasteiger partial charge in [0.05, 0.1) is 13.2 Å². The van der Waals surface area contributed by atoms with Gasteiger partial charge in [0.15, 0.2) is 0 Å². The number of nitrogens with one attached hydrogen (secondary N) is 1. The van der Waals surface area contributed by atoms with Gasteiger partial charge in [0.2, 0.25) is 0 Å². The monoisotopic (exact) mass is 291 g/mol. The lowest BCUT2D eigenvalue weighted by Crippen LogP contribution is -2.60. The Bertz CT molecular complexity index is 477. The highest BCUT2D eigenvalue weighted by atomic mass is 16.6. The van der Waals surface area contributed by atoms with Gasteiger partial charge in [0.1, 0.15) is 18.0 Å². The number of benzene rings is 1. The zero-order chi connectivity index (χ0) is 14.7. The van der Waals surface area contributed by atoms with Crippen LogP contribution in [0, 0.1) is 0 Å². The number of fused-ring (bicyclic) bond motifs is 1. The predicted molar refractivity (Wildman–Crippen MR) is 82.0 cm³/mol. The molecule has 1 fully saturated rings. The number of aryl methyl sites for hydroxylation is 2. The zero-order valence-electron chi connectivity index (χ0n) is 12.9. The Morgan fingerprint density at radius 1 is 1.19 bits per heavy atom. The predicted octanol–water partition coefficient (Wildman–Crippen LogP) is 1.95. The fourth-order valence-electron chi connectivity index (χ4n) is 3.27. The van der Waals surface area contributed by atoms with Crippen molar-refractivity contribution >= 4 is 0 Å². The van der Waals surface area contributed by atoms with E-state index in [1.165, 1.54) is 30.4 Å². The lowest BCUT2D eigenvalue weighted by molar-refractivity contribution is -0.114. The summed E-state index contributed by atoms with van der Waals surface area (Å²) >= 11 is 0. The van der Waals surface area contributed by atoms with Crippen LogP contribution in [0.3, 0.4) is 0 Å². The largest absolute Gasteiger partial charge is 0.488 e. The third-order valence-corrected chi connectivity index (χ3v) is 4.58. The second-order valence-electron chi connectivity index (χ2n) is 5.90. The second-order valence-corrected chi connectivity index (χ2v) is 5.90. The maximum atomic E-state index is 6.15. The summed E-state index contributed by atoms with van der Waals surface area (Å²) < 4.78 is 17.1. The summed E-state index contributed by atoms with van der Waals surface area (Å²) in [6.45, 7) is 1.24. The van der Waals surface area contributed by atoms with Gasteiger partial charge in [-0.3, -0.25) is 0 Å². The van der Waals surface area contributed by atoms with Crippen LogP contribution in [0.15, 0.2) is 18.2 Å². The van der Waals surface area contributed by atoms with Gasteiger partial charge < -0.3 is 19.5 Å². The molecule has 1 aromatic carbocycles. The minimum atomic E-state index is 0.110. The molecule has 4 nitrogen and oxygen atoms in total. The number of hydrogen-bond donors (Lipinski definition) is 1. The molecule has 3 atom stereocenters. The average Bonchev–Trinajstić information content (AvgIpc) is 2.95. The van der Waals surface area contributed by atoms with E-state index in [4.69, 9.17) is 14.2 Å². The quantitative estimate of drug-likeness (QED) is 0.780. The SMILES string of the molecule is CNC1CC(Oc2ccc3c(c2)CCC3)C1OCCOC. The average molecular weight is 291 g/mol. The summed E-state index contributed by atoms with van der Waals surface area (Å²) in [5, 5.41) is 3.29. The molecule has 1 saturated carbocycles. The molecule has 0 aliphatic heterocycles. The molecule has 1 aromatic rings. The van der Waals surface area contributed by atoms with Crippen LogP contribution >= 0.6 is 0 Å². The van der Waals surface area contributed by atoms with E-state index in [0.717, 1.165) is 12.2 Å². The van der Waals surface area contributed by atoms with E-state index in [-0.39, 0.29) is 12.2 Å².